The van der Waals surface area contributed by atoms with Gasteiger partial charge < -0.3 is 10.6 Å². The van der Waals surface area contributed by atoms with Crippen LogP contribution in [0.4, 0.5) is 5.69 Å². The smallest absolute Gasteiger partial charge is 0.253 e. The zero-order valence-corrected chi connectivity index (χ0v) is 12.7. The molecule has 0 saturated heterocycles. The van der Waals surface area contributed by atoms with Crippen molar-refractivity contribution < 1.29 is 4.79 Å². The first-order chi connectivity index (χ1) is 10.1. The van der Waals surface area contributed by atoms with Gasteiger partial charge in [-0.1, -0.05) is 12.1 Å². The van der Waals surface area contributed by atoms with E-state index in [-0.39, 0.29) is 5.91 Å². The minimum atomic E-state index is -0.0773. The lowest BCUT2D eigenvalue weighted by Gasteiger charge is -2.12. The Bertz CT molecular complexity index is 620. The lowest BCUT2D eigenvalue weighted by molar-refractivity contribution is 0.0951. The van der Waals surface area contributed by atoms with Gasteiger partial charge in [0, 0.05) is 30.7 Å². The second-order valence-corrected chi connectivity index (χ2v) is 5.07. The molecule has 0 fully saturated rings. The standard InChI is InChI=1S/C17H21N3O/c1-4-18-16-9-12(2)5-8-15(16)17(21)20-11-14-7-6-13(3)19-10-14/h5-10,18H,4,11H2,1-3H3,(H,20,21). The van der Waals surface area contributed by atoms with Gasteiger partial charge in [-0.3, -0.25) is 9.78 Å². The Morgan fingerprint density at radius 2 is 2.00 bits per heavy atom. The van der Waals surface area contributed by atoms with Crippen LogP contribution in [0.3, 0.4) is 0 Å². The van der Waals surface area contributed by atoms with Crippen LogP contribution in [0.15, 0.2) is 36.5 Å². The van der Waals surface area contributed by atoms with Crippen molar-refractivity contribution in [3.05, 3.63) is 58.9 Å². The molecule has 2 N–H and O–H groups in total. The molecule has 1 heterocycles. The summed E-state index contributed by atoms with van der Waals surface area (Å²) in [6, 6.07) is 9.71. The molecule has 4 heteroatoms. The van der Waals surface area contributed by atoms with Crippen LogP contribution in [0.25, 0.3) is 0 Å². The Labute approximate surface area is 125 Å². The van der Waals surface area contributed by atoms with Crippen molar-refractivity contribution in [2.24, 2.45) is 0 Å². The number of carbonyl (C=O) groups is 1. The molecule has 1 aromatic carbocycles. The molecule has 2 rings (SSSR count). The van der Waals surface area contributed by atoms with Gasteiger partial charge in [0.1, 0.15) is 0 Å². The van der Waals surface area contributed by atoms with E-state index in [9.17, 15) is 4.79 Å². The van der Waals surface area contributed by atoms with E-state index < -0.39 is 0 Å². The van der Waals surface area contributed by atoms with Crippen LogP contribution in [0.2, 0.25) is 0 Å². The predicted molar refractivity (Wildman–Crippen MR) is 85.5 cm³/mol. The largest absolute Gasteiger partial charge is 0.385 e. The van der Waals surface area contributed by atoms with Crippen molar-refractivity contribution in [3.8, 4) is 0 Å². The van der Waals surface area contributed by atoms with Crippen LogP contribution < -0.4 is 10.6 Å². The molecule has 21 heavy (non-hydrogen) atoms. The summed E-state index contributed by atoms with van der Waals surface area (Å²) in [6.07, 6.45) is 1.79. The fourth-order valence-corrected chi connectivity index (χ4v) is 2.07. The number of anilines is 1. The fraction of sp³-hybridized carbons (Fsp3) is 0.294. The van der Waals surface area contributed by atoms with Gasteiger partial charge in [0.25, 0.3) is 5.91 Å². The lowest BCUT2D eigenvalue weighted by atomic mass is 10.1. The average Bonchev–Trinajstić information content (AvgIpc) is 2.47. The van der Waals surface area contributed by atoms with E-state index in [4.69, 9.17) is 0 Å². The van der Waals surface area contributed by atoms with Crippen molar-refractivity contribution in [2.45, 2.75) is 27.3 Å². The number of aromatic nitrogens is 1. The highest BCUT2D eigenvalue weighted by molar-refractivity contribution is 5.99. The third-order valence-electron chi connectivity index (χ3n) is 3.21. The van der Waals surface area contributed by atoms with E-state index in [0.717, 1.165) is 29.1 Å². The molecule has 0 bridgehead atoms. The fourth-order valence-electron chi connectivity index (χ4n) is 2.07. The number of rotatable bonds is 5. The van der Waals surface area contributed by atoms with Crippen molar-refractivity contribution in [2.75, 3.05) is 11.9 Å². The Balaban J connectivity index is 2.07. The molecule has 0 aliphatic rings. The Morgan fingerprint density at radius 3 is 2.67 bits per heavy atom. The van der Waals surface area contributed by atoms with Crippen LogP contribution in [0, 0.1) is 13.8 Å². The molecule has 4 nitrogen and oxygen atoms in total. The molecule has 2 aromatic rings. The number of nitrogens with one attached hydrogen (secondary N) is 2. The summed E-state index contributed by atoms with van der Waals surface area (Å²) < 4.78 is 0. The summed E-state index contributed by atoms with van der Waals surface area (Å²) in [4.78, 5) is 16.5. The van der Waals surface area contributed by atoms with Crippen molar-refractivity contribution in [1.29, 1.82) is 0 Å². The molecule has 0 aliphatic heterocycles. The van der Waals surface area contributed by atoms with Gasteiger partial charge in [-0.25, -0.2) is 0 Å². The molecule has 0 aliphatic carbocycles. The molecular weight excluding hydrogens is 262 g/mol. The molecule has 0 radical (unpaired) electrons. The maximum Gasteiger partial charge on any atom is 0.253 e. The lowest BCUT2D eigenvalue weighted by Crippen LogP contribution is -2.24. The third kappa shape index (κ3) is 4.05. The van der Waals surface area contributed by atoms with Crippen LogP contribution in [-0.2, 0) is 6.54 Å². The Kier molecular flexibility index (Phi) is 4.93. The van der Waals surface area contributed by atoms with Crippen molar-refractivity contribution in [3.63, 3.8) is 0 Å². The monoisotopic (exact) mass is 283 g/mol. The van der Waals surface area contributed by atoms with Crippen molar-refractivity contribution in [1.82, 2.24) is 10.3 Å². The molecule has 0 unspecified atom stereocenters. The zero-order valence-electron chi connectivity index (χ0n) is 12.7. The average molecular weight is 283 g/mol. The van der Waals surface area contributed by atoms with Crippen molar-refractivity contribution >= 4 is 11.6 Å². The van der Waals surface area contributed by atoms with Gasteiger partial charge in [-0.2, -0.15) is 0 Å². The molecule has 0 saturated carbocycles. The molecule has 0 atom stereocenters. The van der Waals surface area contributed by atoms with E-state index >= 15 is 0 Å². The Hall–Kier alpha value is -2.36. The number of pyridine rings is 1. The van der Waals surface area contributed by atoms with E-state index in [1.165, 1.54) is 0 Å². The van der Waals surface area contributed by atoms with E-state index in [2.05, 4.69) is 15.6 Å². The van der Waals surface area contributed by atoms with Crippen LogP contribution >= 0.6 is 0 Å². The van der Waals surface area contributed by atoms with Gasteiger partial charge in [0.05, 0.1) is 5.56 Å². The third-order valence-corrected chi connectivity index (χ3v) is 3.21. The first kappa shape index (κ1) is 15.0. The summed E-state index contributed by atoms with van der Waals surface area (Å²) in [6.45, 7) is 7.23. The highest BCUT2D eigenvalue weighted by Crippen LogP contribution is 2.17. The minimum absolute atomic E-state index is 0.0773. The number of aryl methyl sites for hydroxylation is 2. The number of benzene rings is 1. The zero-order chi connectivity index (χ0) is 15.2. The molecule has 0 spiro atoms. The number of nitrogens with zero attached hydrogens (tertiary/aromatic N) is 1. The van der Waals surface area contributed by atoms with E-state index in [0.29, 0.717) is 12.1 Å². The first-order valence-corrected chi connectivity index (χ1v) is 7.14. The summed E-state index contributed by atoms with van der Waals surface area (Å²) in [5.74, 6) is -0.0773. The minimum Gasteiger partial charge on any atom is -0.385 e. The Morgan fingerprint density at radius 1 is 1.19 bits per heavy atom. The molecule has 1 amide bonds. The topological polar surface area (TPSA) is 54.0 Å². The summed E-state index contributed by atoms with van der Waals surface area (Å²) in [5.41, 5.74) is 4.63. The number of amides is 1. The maximum absolute atomic E-state index is 12.3. The van der Waals surface area contributed by atoms with E-state index in [1.807, 2.05) is 51.1 Å². The number of hydrogen-bond donors (Lipinski definition) is 2. The molecule has 110 valence electrons. The summed E-state index contributed by atoms with van der Waals surface area (Å²) >= 11 is 0. The quantitative estimate of drug-likeness (QED) is 0.886. The predicted octanol–water partition coefficient (Wildman–Crippen LogP) is 3.06. The maximum atomic E-state index is 12.3. The highest BCUT2D eigenvalue weighted by atomic mass is 16.1. The van der Waals surface area contributed by atoms with Crippen LogP contribution in [0.5, 0.6) is 0 Å². The first-order valence-electron chi connectivity index (χ1n) is 7.14. The summed E-state index contributed by atoms with van der Waals surface area (Å²) in [7, 11) is 0. The van der Waals surface area contributed by atoms with Gasteiger partial charge in [0.15, 0.2) is 0 Å². The SMILES string of the molecule is CCNc1cc(C)ccc1C(=O)NCc1ccc(C)nc1. The highest BCUT2D eigenvalue weighted by Gasteiger charge is 2.10. The number of hydrogen-bond acceptors (Lipinski definition) is 3. The van der Waals surface area contributed by atoms with E-state index in [1.54, 1.807) is 6.20 Å². The van der Waals surface area contributed by atoms with Gasteiger partial charge in [-0.15, -0.1) is 0 Å². The van der Waals surface area contributed by atoms with Gasteiger partial charge >= 0.3 is 0 Å². The second-order valence-electron chi connectivity index (χ2n) is 5.07. The summed E-state index contributed by atoms with van der Waals surface area (Å²) in [5, 5.41) is 6.16. The molecular formula is C17H21N3O. The molecule has 1 aromatic heterocycles. The normalized spacial score (nSPS) is 10.2. The van der Waals surface area contributed by atoms with Crippen LogP contribution in [-0.4, -0.2) is 17.4 Å². The second kappa shape index (κ2) is 6.88. The van der Waals surface area contributed by atoms with Crippen LogP contribution in [0.1, 0.15) is 34.1 Å². The number of carbonyl (C=O) groups excluding carboxylic acids is 1. The van der Waals surface area contributed by atoms with Gasteiger partial charge in [0.2, 0.25) is 0 Å². The van der Waals surface area contributed by atoms with Gasteiger partial charge in [-0.05, 0) is 50.1 Å².